The number of carboxylic acid groups (broad SMARTS) is 1. The third kappa shape index (κ3) is 2.22. The number of hydrogen-bond acceptors (Lipinski definition) is 3. The van der Waals surface area contributed by atoms with Crippen molar-refractivity contribution in [3.8, 4) is 0 Å². The minimum atomic E-state index is -0.703. The number of carbonyl (C=O) groups is 1. The first-order valence-electron chi connectivity index (χ1n) is 6.99. The van der Waals surface area contributed by atoms with Crippen LogP contribution in [0.3, 0.4) is 0 Å². The predicted molar refractivity (Wildman–Crippen MR) is 79.1 cm³/mol. The molecule has 0 saturated carbocycles. The van der Waals surface area contributed by atoms with Crippen LogP contribution >= 0.6 is 0 Å². The van der Waals surface area contributed by atoms with Crippen LogP contribution in [0.15, 0.2) is 30.5 Å². The zero-order valence-electron chi connectivity index (χ0n) is 11.5. The van der Waals surface area contributed by atoms with Crippen molar-refractivity contribution in [2.75, 3.05) is 18.0 Å². The lowest BCUT2D eigenvalue weighted by Gasteiger charge is -2.32. The van der Waals surface area contributed by atoms with Gasteiger partial charge in [-0.15, -0.1) is 0 Å². The first kappa shape index (κ1) is 12.9. The maximum atomic E-state index is 11.2. The smallest absolute Gasteiger partial charge is 0.308 e. The van der Waals surface area contributed by atoms with Gasteiger partial charge in [-0.1, -0.05) is 24.3 Å². The monoisotopic (exact) mass is 270 g/mol. The van der Waals surface area contributed by atoms with Crippen molar-refractivity contribution in [1.29, 1.82) is 0 Å². The standard InChI is InChI=1S/C16H18N2O2/c1-11-9-17-15(14-7-3-2-6-13(11)14)18-8-4-5-12(10-18)16(19)20/h2-3,6-7,9,12H,4-5,8,10H2,1H3,(H,19,20). The van der Waals surface area contributed by atoms with E-state index in [1.165, 1.54) is 5.39 Å². The van der Waals surface area contributed by atoms with E-state index in [9.17, 15) is 9.90 Å². The zero-order valence-corrected chi connectivity index (χ0v) is 11.5. The number of aryl methyl sites for hydroxylation is 1. The summed E-state index contributed by atoms with van der Waals surface area (Å²) in [5.74, 6) is -0.0751. The van der Waals surface area contributed by atoms with Gasteiger partial charge in [-0.2, -0.15) is 0 Å². The van der Waals surface area contributed by atoms with E-state index in [1.807, 2.05) is 18.3 Å². The highest BCUT2D eigenvalue weighted by molar-refractivity contribution is 5.94. The molecule has 1 aliphatic heterocycles. The SMILES string of the molecule is Cc1cnc(N2CCCC(C(=O)O)C2)c2ccccc12. The molecule has 0 bridgehead atoms. The molecule has 1 unspecified atom stereocenters. The minimum absolute atomic E-state index is 0.286. The van der Waals surface area contributed by atoms with E-state index >= 15 is 0 Å². The molecule has 2 heterocycles. The first-order chi connectivity index (χ1) is 9.66. The second-order valence-electron chi connectivity index (χ2n) is 5.43. The largest absolute Gasteiger partial charge is 0.481 e. The van der Waals surface area contributed by atoms with Gasteiger partial charge in [0.05, 0.1) is 5.92 Å². The number of pyridine rings is 1. The van der Waals surface area contributed by atoms with Crippen molar-refractivity contribution >= 4 is 22.6 Å². The van der Waals surface area contributed by atoms with E-state index in [0.29, 0.717) is 6.54 Å². The molecule has 4 heteroatoms. The van der Waals surface area contributed by atoms with Gasteiger partial charge in [0, 0.05) is 24.7 Å². The van der Waals surface area contributed by atoms with Crippen LogP contribution in [0.5, 0.6) is 0 Å². The van der Waals surface area contributed by atoms with Crippen molar-refractivity contribution in [3.05, 3.63) is 36.0 Å². The summed E-state index contributed by atoms with van der Waals surface area (Å²) < 4.78 is 0. The van der Waals surface area contributed by atoms with E-state index < -0.39 is 5.97 Å². The summed E-state index contributed by atoms with van der Waals surface area (Å²) in [5, 5.41) is 11.5. The summed E-state index contributed by atoms with van der Waals surface area (Å²) >= 11 is 0. The molecule has 1 aromatic carbocycles. The number of piperidine rings is 1. The molecule has 1 saturated heterocycles. The Kier molecular flexibility index (Phi) is 3.30. The highest BCUT2D eigenvalue weighted by atomic mass is 16.4. The molecule has 1 aliphatic rings. The van der Waals surface area contributed by atoms with Gasteiger partial charge in [0.15, 0.2) is 0 Å². The van der Waals surface area contributed by atoms with Gasteiger partial charge >= 0.3 is 5.97 Å². The summed E-state index contributed by atoms with van der Waals surface area (Å²) in [6.07, 6.45) is 3.54. The number of aliphatic carboxylic acids is 1. The molecule has 20 heavy (non-hydrogen) atoms. The van der Waals surface area contributed by atoms with Crippen molar-refractivity contribution in [3.63, 3.8) is 0 Å². The summed E-state index contributed by atoms with van der Waals surface area (Å²) in [6.45, 7) is 3.48. The van der Waals surface area contributed by atoms with Crippen LogP contribution in [0.4, 0.5) is 5.82 Å². The van der Waals surface area contributed by atoms with Gasteiger partial charge in [-0.3, -0.25) is 4.79 Å². The van der Waals surface area contributed by atoms with E-state index in [2.05, 4.69) is 28.9 Å². The van der Waals surface area contributed by atoms with Crippen LogP contribution in [0.25, 0.3) is 10.8 Å². The first-order valence-corrected chi connectivity index (χ1v) is 6.99. The Hall–Kier alpha value is -2.10. The second-order valence-corrected chi connectivity index (χ2v) is 5.43. The molecule has 1 atom stereocenters. The lowest BCUT2D eigenvalue weighted by Crippen LogP contribution is -2.39. The Morgan fingerprint density at radius 3 is 2.85 bits per heavy atom. The molecule has 104 valence electrons. The lowest BCUT2D eigenvalue weighted by molar-refractivity contribution is -0.141. The molecule has 0 aliphatic carbocycles. The molecule has 1 aromatic heterocycles. The van der Waals surface area contributed by atoms with Gasteiger partial charge in [-0.05, 0) is 30.7 Å². The van der Waals surface area contributed by atoms with Crippen molar-refractivity contribution in [2.24, 2.45) is 5.92 Å². The van der Waals surface area contributed by atoms with Crippen LogP contribution in [0.1, 0.15) is 18.4 Å². The van der Waals surface area contributed by atoms with E-state index in [4.69, 9.17) is 0 Å². The Bertz CT molecular complexity index is 654. The molecule has 3 rings (SSSR count). The van der Waals surface area contributed by atoms with Gasteiger partial charge in [0.1, 0.15) is 5.82 Å². The topological polar surface area (TPSA) is 53.4 Å². The lowest BCUT2D eigenvalue weighted by atomic mass is 9.97. The van der Waals surface area contributed by atoms with Crippen LogP contribution < -0.4 is 4.90 Å². The van der Waals surface area contributed by atoms with Gasteiger partial charge < -0.3 is 10.0 Å². The maximum absolute atomic E-state index is 11.2. The minimum Gasteiger partial charge on any atom is -0.481 e. The molecule has 1 N–H and O–H groups in total. The average molecular weight is 270 g/mol. The summed E-state index contributed by atoms with van der Waals surface area (Å²) in [4.78, 5) is 17.9. The number of fused-ring (bicyclic) bond motifs is 1. The number of anilines is 1. The number of carboxylic acids is 1. The fraction of sp³-hybridized carbons (Fsp3) is 0.375. The van der Waals surface area contributed by atoms with Crippen LogP contribution in [-0.4, -0.2) is 29.1 Å². The summed E-state index contributed by atoms with van der Waals surface area (Å²) in [6, 6.07) is 8.18. The fourth-order valence-corrected chi connectivity index (χ4v) is 2.94. The van der Waals surface area contributed by atoms with Crippen LogP contribution in [0.2, 0.25) is 0 Å². The van der Waals surface area contributed by atoms with E-state index in [-0.39, 0.29) is 5.92 Å². The molecular weight excluding hydrogens is 252 g/mol. The molecular formula is C16H18N2O2. The fourth-order valence-electron chi connectivity index (χ4n) is 2.94. The number of hydrogen-bond donors (Lipinski definition) is 1. The Morgan fingerprint density at radius 2 is 2.10 bits per heavy atom. The molecule has 1 fully saturated rings. The third-order valence-electron chi connectivity index (χ3n) is 4.04. The number of rotatable bonds is 2. The van der Waals surface area contributed by atoms with Crippen LogP contribution in [0, 0.1) is 12.8 Å². The highest BCUT2D eigenvalue weighted by Crippen LogP contribution is 2.29. The molecule has 0 spiro atoms. The number of benzene rings is 1. The average Bonchev–Trinajstić information content (AvgIpc) is 2.48. The summed E-state index contributed by atoms with van der Waals surface area (Å²) in [5.41, 5.74) is 1.15. The predicted octanol–water partition coefficient (Wildman–Crippen LogP) is 2.84. The third-order valence-corrected chi connectivity index (χ3v) is 4.04. The highest BCUT2D eigenvalue weighted by Gasteiger charge is 2.26. The Balaban J connectivity index is 2.02. The molecule has 2 aromatic rings. The molecule has 0 radical (unpaired) electrons. The van der Waals surface area contributed by atoms with Gasteiger partial charge in [0.2, 0.25) is 0 Å². The quantitative estimate of drug-likeness (QED) is 0.911. The molecule has 4 nitrogen and oxygen atoms in total. The van der Waals surface area contributed by atoms with E-state index in [1.54, 1.807) is 0 Å². The van der Waals surface area contributed by atoms with Crippen molar-refractivity contribution < 1.29 is 9.90 Å². The Labute approximate surface area is 118 Å². The van der Waals surface area contributed by atoms with Crippen molar-refractivity contribution in [1.82, 2.24) is 4.98 Å². The number of aromatic nitrogens is 1. The van der Waals surface area contributed by atoms with Gasteiger partial charge in [-0.25, -0.2) is 4.98 Å². The molecule has 0 amide bonds. The van der Waals surface area contributed by atoms with Crippen molar-refractivity contribution in [2.45, 2.75) is 19.8 Å². The zero-order chi connectivity index (χ0) is 14.1. The Morgan fingerprint density at radius 1 is 1.35 bits per heavy atom. The summed E-state index contributed by atoms with van der Waals surface area (Å²) in [7, 11) is 0. The second kappa shape index (κ2) is 5.12. The maximum Gasteiger partial charge on any atom is 0.308 e. The van der Waals surface area contributed by atoms with Crippen LogP contribution in [-0.2, 0) is 4.79 Å². The normalized spacial score (nSPS) is 19.2. The number of nitrogens with zero attached hydrogens (tertiary/aromatic N) is 2. The van der Waals surface area contributed by atoms with E-state index in [0.717, 1.165) is 36.2 Å². The van der Waals surface area contributed by atoms with Gasteiger partial charge in [0.25, 0.3) is 0 Å².